The fourth-order valence-electron chi connectivity index (χ4n) is 3.38. The maximum absolute atomic E-state index is 14.0. The molecule has 0 spiro atoms. The van der Waals surface area contributed by atoms with E-state index in [0.29, 0.717) is 28.0 Å². The first kappa shape index (κ1) is 21.0. The van der Waals surface area contributed by atoms with Crippen LogP contribution in [0.15, 0.2) is 48.5 Å². The molecule has 0 saturated carbocycles. The van der Waals surface area contributed by atoms with Gasteiger partial charge in [0.15, 0.2) is 17.4 Å². The summed E-state index contributed by atoms with van der Waals surface area (Å²) in [5.41, 5.74) is 6.33. The van der Waals surface area contributed by atoms with Crippen LogP contribution in [0, 0.1) is 5.82 Å². The van der Waals surface area contributed by atoms with Crippen molar-refractivity contribution in [1.29, 1.82) is 0 Å². The van der Waals surface area contributed by atoms with Crippen LogP contribution in [-0.4, -0.2) is 41.6 Å². The summed E-state index contributed by atoms with van der Waals surface area (Å²) >= 11 is 5.77. The van der Waals surface area contributed by atoms with Crippen molar-refractivity contribution in [2.45, 2.75) is 13.0 Å². The molecule has 3 aromatic rings. The molecule has 0 radical (unpaired) electrons. The Morgan fingerprint density at radius 1 is 1.23 bits per heavy atom. The molecule has 0 bridgehead atoms. The van der Waals surface area contributed by atoms with Crippen LogP contribution in [0.3, 0.4) is 0 Å². The third kappa shape index (κ3) is 4.76. The number of benzene rings is 2. The zero-order chi connectivity index (χ0) is 22.0. The predicted octanol–water partition coefficient (Wildman–Crippen LogP) is 3.63. The summed E-state index contributed by atoms with van der Waals surface area (Å²) in [5, 5.41) is 3.62. The highest BCUT2D eigenvalue weighted by Crippen LogP contribution is 2.29. The van der Waals surface area contributed by atoms with Crippen molar-refractivity contribution in [3.63, 3.8) is 0 Å². The zero-order valence-electron chi connectivity index (χ0n) is 16.8. The molecule has 1 amide bonds. The number of halogens is 2. The first-order valence-corrected chi connectivity index (χ1v) is 10.2. The van der Waals surface area contributed by atoms with Crippen LogP contribution in [0.4, 0.5) is 10.2 Å². The number of primary amides is 1. The molecule has 2 heterocycles. The van der Waals surface area contributed by atoms with E-state index in [0.717, 1.165) is 19.6 Å². The van der Waals surface area contributed by atoms with Crippen molar-refractivity contribution < 1.29 is 13.9 Å². The molecule has 1 aliphatic heterocycles. The van der Waals surface area contributed by atoms with Crippen LogP contribution in [0.2, 0.25) is 5.02 Å². The molecule has 4 rings (SSSR count). The number of hydrogen-bond acceptors (Lipinski definition) is 6. The fourth-order valence-corrected chi connectivity index (χ4v) is 3.53. The predicted molar refractivity (Wildman–Crippen MR) is 117 cm³/mol. The van der Waals surface area contributed by atoms with Crippen molar-refractivity contribution in [2.75, 3.05) is 24.5 Å². The van der Waals surface area contributed by atoms with E-state index in [-0.39, 0.29) is 17.5 Å². The summed E-state index contributed by atoms with van der Waals surface area (Å²) < 4.78 is 19.6. The Kier molecular flexibility index (Phi) is 6.01. The van der Waals surface area contributed by atoms with Crippen molar-refractivity contribution in [2.24, 2.45) is 5.73 Å². The van der Waals surface area contributed by atoms with Gasteiger partial charge in [0.25, 0.3) is 5.91 Å². The van der Waals surface area contributed by atoms with Crippen molar-refractivity contribution in [1.82, 2.24) is 15.3 Å². The van der Waals surface area contributed by atoms with Gasteiger partial charge in [-0.15, -0.1) is 0 Å². The lowest BCUT2D eigenvalue weighted by Gasteiger charge is -2.35. The van der Waals surface area contributed by atoms with E-state index < -0.39 is 11.7 Å². The van der Waals surface area contributed by atoms with Crippen LogP contribution in [0.1, 0.15) is 17.4 Å². The summed E-state index contributed by atoms with van der Waals surface area (Å²) in [6.07, 6.45) is 0. The van der Waals surface area contributed by atoms with Crippen molar-refractivity contribution >= 4 is 23.3 Å². The highest BCUT2D eigenvalue weighted by Gasteiger charge is 2.22. The largest absolute Gasteiger partial charge is 0.454 e. The first-order chi connectivity index (χ1) is 14.9. The average molecular weight is 442 g/mol. The molecule has 3 N–H and O–H groups in total. The molecular weight excluding hydrogens is 421 g/mol. The summed E-state index contributed by atoms with van der Waals surface area (Å²) in [5.74, 6) is 0.360. The van der Waals surface area contributed by atoms with E-state index >= 15 is 0 Å². The number of hydrogen-bond donors (Lipinski definition) is 2. The van der Waals surface area contributed by atoms with Gasteiger partial charge in [-0.1, -0.05) is 11.6 Å². The van der Waals surface area contributed by atoms with Crippen LogP contribution in [0.25, 0.3) is 11.4 Å². The molecule has 0 aliphatic carbocycles. The van der Waals surface area contributed by atoms with E-state index in [9.17, 15) is 9.18 Å². The Morgan fingerprint density at radius 3 is 2.68 bits per heavy atom. The number of rotatable bonds is 5. The minimum Gasteiger partial charge on any atom is -0.454 e. The van der Waals surface area contributed by atoms with E-state index in [1.807, 2.05) is 0 Å². The molecule has 1 aromatic heterocycles. The summed E-state index contributed by atoms with van der Waals surface area (Å²) in [4.78, 5) is 22.9. The second-order valence-corrected chi connectivity index (χ2v) is 7.68. The zero-order valence-corrected chi connectivity index (χ0v) is 17.6. The average Bonchev–Trinajstić information content (AvgIpc) is 2.76. The second-order valence-electron chi connectivity index (χ2n) is 7.25. The Morgan fingerprint density at radius 2 is 2.00 bits per heavy atom. The van der Waals surface area contributed by atoms with Gasteiger partial charge in [-0.3, -0.25) is 4.79 Å². The van der Waals surface area contributed by atoms with Crippen molar-refractivity contribution in [3.05, 3.63) is 65.1 Å². The molecule has 1 saturated heterocycles. The van der Waals surface area contributed by atoms with Gasteiger partial charge in [-0.05, 0) is 49.4 Å². The van der Waals surface area contributed by atoms with Crippen LogP contribution in [0.5, 0.6) is 11.5 Å². The third-order valence-corrected chi connectivity index (χ3v) is 5.23. The monoisotopic (exact) mass is 441 g/mol. The highest BCUT2D eigenvalue weighted by atomic mass is 35.5. The van der Waals surface area contributed by atoms with Gasteiger partial charge in [0, 0.05) is 42.3 Å². The quantitative estimate of drug-likeness (QED) is 0.628. The number of nitrogens with zero attached hydrogens (tertiary/aromatic N) is 3. The molecule has 1 aliphatic rings. The molecule has 9 heteroatoms. The van der Waals surface area contributed by atoms with Gasteiger partial charge < -0.3 is 20.7 Å². The second kappa shape index (κ2) is 8.87. The van der Waals surface area contributed by atoms with Crippen LogP contribution in [-0.2, 0) is 0 Å². The first-order valence-electron chi connectivity index (χ1n) is 9.80. The van der Waals surface area contributed by atoms with Gasteiger partial charge in [-0.25, -0.2) is 14.4 Å². The number of carbonyl (C=O) groups excluding carboxylic acids is 1. The number of aromatic nitrogens is 2. The smallest absolute Gasteiger partial charge is 0.267 e. The fraction of sp³-hybridized carbons (Fsp3) is 0.227. The van der Waals surface area contributed by atoms with E-state index in [2.05, 4.69) is 27.1 Å². The van der Waals surface area contributed by atoms with E-state index in [1.54, 1.807) is 36.4 Å². The Hall–Kier alpha value is -3.23. The number of carbonyl (C=O) groups is 1. The normalized spacial score (nSPS) is 16.2. The van der Waals surface area contributed by atoms with E-state index in [4.69, 9.17) is 22.1 Å². The molecule has 2 aromatic carbocycles. The maximum atomic E-state index is 14.0. The van der Waals surface area contributed by atoms with Gasteiger partial charge in [0.1, 0.15) is 17.3 Å². The molecule has 160 valence electrons. The summed E-state index contributed by atoms with van der Waals surface area (Å²) in [7, 11) is 0. The molecule has 1 unspecified atom stereocenters. The molecule has 1 fully saturated rings. The lowest BCUT2D eigenvalue weighted by molar-refractivity contribution is 0.0995. The highest BCUT2D eigenvalue weighted by molar-refractivity contribution is 6.30. The van der Waals surface area contributed by atoms with Crippen molar-refractivity contribution in [3.8, 4) is 22.9 Å². The topological polar surface area (TPSA) is 93.4 Å². The summed E-state index contributed by atoms with van der Waals surface area (Å²) in [6.45, 7) is 4.48. The lowest BCUT2D eigenvalue weighted by atomic mass is 10.1. The van der Waals surface area contributed by atoms with Gasteiger partial charge >= 0.3 is 0 Å². The molecule has 1 atom stereocenters. The number of anilines is 1. The minimum absolute atomic E-state index is 0.0686. The van der Waals surface area contributed by atoms with Crippen LogP contribution >= 0.6 is 11.6 Å². The van der Waals surface area contributed by atoms with Gasteiger partial charge in [-0.2, -0.15) is 0 Å². The van der Waals surface area contributed by atoms with E-state index in [1.165, 1.54) is 12.1 Å². The Labute approximate surface area is 184 Å². The van der Waals surface area contributed by atoms with Gasteiger partial charge in [0.05, 0.1) is 0 Å². The summed E-state index contributed by atoms with van der Waals surface area (Å²) in [6, 6.07) is 12.9. The lowest BCUT2D eigenvalue weighted by Crippen LogP contribution is -2.50. The Bertz CT molecular complexity index is 1110. The number of nitrogens with two attached hydrogens (primary N) is 1. The Balaban J connectivity index is 1.63. The molecule has 31 heavy (non-hydrogen) atoms. The number of amides is 1. The minimum atomic E-state index is -0.620. The standard InChI is InChI=1S/C22H21ClFN5O2/c1-13-12-26-8-9-29(13)20-11-18(21(25)30)27-22(28-20)14-2-5-16(6-3-14)31-19-7-4-15(23)10-17(19)24/h2-7,10-11,13,26H,8-9,12H2,1H3,(H2,25,30). The maximum Gasteiger partial charge on any atom is 0.267 e. The molecule has 7 nitrogen and oxygen atoms in total. The number of ether oxygens (including phenoxy) is 1. The van der Waals surface area contributed by atoms with Gasteiger partial charge in [0.2, 0.25) is 0 Å². The SMILES string of the molecule is CC1CNCCN1c1cc(C(N)=O)nc(-c2ccc(Oc3ccc(Cl)cc3F)cc2)n1. The number of piperazine rings is 1. The third-order valence-electron chi connectivity index (χ3n) is 4.99. The van der Waals surface area contributed by atoms with Crippen LogP contribution < -0.4 is 20.7 Å². The molecular formula is C22H21ClFN5O2. The number of nitrogens with one attached hydrogen (secondary N) is 1.